The molecule has 18 heteroatoms. The largest absolute Gasteiger partial charge is 0.492 e. The van der Waals surface area contributed by atoms with Gasteiger partial charge in [0.05, 0.1) is 26.9 Å². The summed E-state index contributed by atoms with van der Waals surface area (Å²) < 4.78 is 42.8. The smallest absolute Gasteiger partial charge is 0.407 e. The fraction of sp³-hybridized carbons (Fsp3) is 0.571. The van der Waals surface area contributed by atoms with Gasteiger partial charge in [0.1, 0.15) is 61.1 Å². The molecule has 0 bridgehead atoms. The van der Waals surface area contributed by atoms with Crippen molar-refractivity contribution in [2.24, 2.45) is 0 Å². The van der Waals surface area contributed by atoms with Crippen LogP contribution >= 0.6 is 0 Å². The van der Waals surface area contributed by atoms with E-state index in [-0.39, 0.29) is 38.5 Å². The Balaban J connectivity index is 1.35. The molecule has 11 atom stereocenters. The van der Waals surface area contributed by atoms with E-state index in [1.54, 1.807) is 24.3 Å². The van der Waals surface area contributed by atoms with Crippen LogP contribution in [-0.2, 0) is 49.2 Å². The number of allylic oxidation sites excluding steroid dienone is 12. The van der Waals surface area contributed by atoms with Crippen LogP contribution in [0.1, 0.15) is 63.9 Å². The van der Waals surface area contributed by atoms with Crippen molar-refractivity contribution in [2.45, 2.75) is 132 Å². The number of carbonyl (C=O) groups excluding carboxylic acids is 3. The van der Waals surface area contributed by atoms with E-state index in [2.05, 4.69) is 78.3 Å². The number of carbonyl (C=O) groups is 3. The Bertz CT molecular complexity index is 1750. The van der Waals surface area contributed by atoms with Gasteiger partial charge in [0.25, 0.3) is 0 Å². The molecule has 0 aromatic heterocycles. The number of nitrogens with one attached hydrogen (secondary N) is 2. The van der Waals surface area contributed by atoms with Gasteiger partial charge in [-0.25, -0.2) is 9.59 Å². The third kappa shape index (κ3) is 21.0. The number of amides is 2. The number of aliphatic hydroxyl groups is 5. The maximum Gasteiger partial charge on any atom is 0.407 e. The predicted octanol–water partition coefficient (Wildman–Crippen LogP) is 3.40. The molecule has 1 aromatic rings. The summed E-state index contributed by atoms with van der Waals surface area (Å²) >= 11 is 0. The molecule has 7 N–H and O–H groups in total. The molecule has 2 aliphatic rings. The van der Waals surface area contributed by atoms with Crippen molar-refractivity contribution in [3.63, 3.8) is 0 Å². The number of esters is 1. The van der Waals surface area contributed by atoms with E-state index in [0.29, 0.717) is 12.2 Å². The van der Waals surface area contributed by atoms with E-state index in [9.17, 15) is 39.9 Å². The van der Waals surface area contributed by atoms with E-state index in [4.69, 9.17) is 37.9 Å². The molecule has 0 spiro atoms. The summed E-state index contributed by atoms with van der Waals surface area (Å²) in [5, 5.41) is 57.7. The van der Waals surface area contributed by atoms with Gasteiger partial charge in [-0.3, -0.25) is 4.79 Å². The van der Waals surface area contributed by atoms with Crippen LogP contribution in [0.5, 0.6) is 5.75 Å². The van der Waals surface area contributed by atoms with E-state index in [1.807, 2.05) is 12.2 Å². The number of aliphatic hydroxyl groups excluding tert-OH is 5. The Morgan fingerprint density at radius 2 is 1.25 bits per heavy atom. The van der Waals surface area contributed by atoms with Crippen molar-refractivity contribution in [2.75, 3.05) is 47.7 Å². The topological polar surface area (TPSA) is 250 Å². The maximum atomic E-state index is 12.7. The normalized spacial score (nSPS) is 26.3. The van der Waals surface area contributed by atoms with Gasteiger partial charge in [0.15, 0.2) is 18.7 Å². The Morgan fingerprint density at radius 1 is 0.687 bits per heavy atom. The molecule has 0 aliphatic carbocycles. The maximum absolute atomic E-state index is 12.7. The monoisotopic (exact) mass is 944 g/mol. The average molecular weight is 945 g/mol. The molecule has 2 amide bonds. The third-order valence-electron chi connectivity index (χ3n) is 10.5. The van der Waals surface area contributed by atoms with Gasteiger partial charge in [-0.1, -0.05) is 92.0 Å². The van der Waals surface area contributed by atoms with Gasteiger partial charge >= 0.3 is 12.1 Å². The number of rotatable bonds is 29. The van der Waals surface area contributed by atoms with Crippen LogP contribution in [0.2, 0.25) is 0 Å². The Labute approximate surface area is 393 Å². The average Bonchev–Trinajstić information content (AvgIpc) is 3.32. The van der Waals surface area contributed by atoms with E-state index >= 15 is 0 Å². The highest BCUT2D eigenvalue weighted by Gasteiger charge is 2.49. The lowest BCUT2D eigenvalue weighted by atomic mass is 9.98. The van der Waals surface area contributed by atoms with E-state index in [0.717, 1.165) is 44.1 Å². The summed E-state index contributed by atoms with van der Waals surface area (Å²) in [7, 11) is 3.86. The molecular weight excluding hydrogens is 873 g/mol. The Hall–Kier alpha value is -4.73. The summed E-state index contributed by atoms with van der Waals surface area (Å²) in [5.41, 5.74) is 0.738. The van der Waals surface area contributed by atoms with Crippen molar-refractivity contribution >= 4 is 18.0 Å². The third-order valence-corrected chi connectivity index (χ3v) is 10.5. The predicted molar refractivity (Wildman–Crippen MR) is 248 cm³/mol. The summed E-state index contributed by atoms with van der Waals surface area (Å²) in [5.74, 6) is -0.395. The zero-order valence-corrected chi connectivity index (χ0v) is 39.0. The molecule has 0 saturated carbocycles. The van der Waals surface area contributed by atoms with Gasteiger partial charge in [0.2, 0.25) is 5.91 Å². The number of alkyl carbamates (subject to hydrolysis) is 1. The molecule has 2 saturated heterocycles. The zero-order chi connectivity index (χ0) is 48.8. The van der Waals surface area contributed by atoms with Gasteiger partial charge in [-0.15, -0.1) is 0 Å². The van der Waals surface area contributed by atoms with Crippen molar-refractivity contribution in [1.29, 1.82) is 0 Å². The second-order valence-electron chi connectivity index (χ2n) is 15.7. The molecule has 2 fully saturated rings. The molecule has 18 nitrogen and oxygen atoms in total. The summed E-state index contributed by atoms with van der Waals surface area (Å²) in [6.45, 7) is 1.54. The highest BCUT2D eigenvalue weighted by Crippen LogP contribution is 2.27. The minimum atomic E-state index is -1.65. The fourth-order valence-corrected chi connectivity index (χ4v) is 6.82. The number of hydrogen-bond donors (Lipinski definition) is 7. The first-order valence-electron chi connectivity index (χ1n) is 22.7. The van der Waals surface area contributed by atoms with Crippen molar-refractivity contribution < 1.29 is 77.8 Å². The second-order valence-corrected chi connectivity index (χ2v) is 15.7. The van der Waals surface area contributed by atoms with Crippen LogP contribution in [0, 0.1) is 0 Å². The van der Waals surface area contributed by atoms with Gasteiger partial charge < -0.3 is 74.1 Å². The van der Waals surface area contributed by atoms with E-state index in [1.165, 1.54) is 21.3 Å². The first-order chi connectivity index (χ1) is 32.4. The quantitative estimate of drug-likeness (QED) is 0.0346. The zero-order valence-electron chi connectivity index (χ0n) is 39.0. The number of ether oxygens (including phenoxy) is 8. The second kappa shape index (κ2) is 32.9. The minimum Gasteiger partial charge on any atom is -0.492 e. The van der Waals surface area contributed by atoms with Crippen LogP contribution < -0.4 is 15.4 Å². The van der Waals surface area contributed by atoms with Crippen molar-refractivity contribution in [3.8, 4) is 5.75 Å². The molecule has 374 valence electrons. The van der Waals surface area contributed by atoms with Gasteiger partial charge in [0, 0.05) is 27.1 Å². The lowest BCUT2D eigenvalue weighted by Crippen LogP contribution is -2.62. The highest BCUT2D eigenvalue weighted by molar-refractivity contribution is 5.84. The number of hydrogen-bond acceptors (Lipinski definition) is 16. The van der Waals surface area contributed by atoms with Crippen LogP contribution in [0.4, 0.5) is 4.79 Å². The summed E-state index contributed by atoms with van der Waals surface area (Å²) in [6, 6.07) is 5.93. The molecule has 0 radical (unpaired) electrons. The number of methoxy groups -OCH3 is 3. The van der Waals surface area contributed by atoms with Crippen molar-refractivity contribution in [1.82, 2.24) is 10.6 Å². The highest BCUT2D eigenvalue weighted by atomic mass is 16.7. The van der Waals surface area contributed by atoms with E-state index < -0.39 is 86.1 Å². The Morgan fingerprint density at radius 3 is 1.82 bits per heavy atom. The minimum absolute atomic E-state index is 0.0103. The standard InChI is InChI=1S/C49H72N2O16/c1-5-6-7-8-9-10-11-12-13-14-15-16-17-18-19-20-21-22-23-24-39(52)51-36(46(58)61-3)31-34-25-27-35(28-26-34)63-30-29-50-49(59)67-45-41(54)38(65-47(62-4)44(45)57)33-64-48-43(56)42(55)40(53)37(66-48)32-60-2/h6-7,9-10,12-13,15-16,18-19,21-22,25-28,36-38,40-45,47-48,53-57H,5,8,11,14,17,20,23-24,29-33H2,1-4H3,(H,50,59)(H,51,52)/b7-6-,10-9-,13-12-,16-15-,19-18-,22-21-/t36-,37?,38?,40+,41+,42-,43?,44?,45-,47-,48+/m0/s1. The summed E-state index contributed by atoms with van der Waals surface area (Å²) in [6.07, 6.45) is 16.4. The molecule has 3 rings (SSSR count). The number of benzene rings is 1. The van der Waals surface area contributed by atoms with Crippen LogP contribution in [0.25, 0.3) is 0 Å². The van der Waals surface area contributed by atoms with Gasteiger partial charge in [-0.05, 0) is 62.6 Å². The van der Waals surface area contributed by atoms with Crippen molar-refractivity contribution in [3.05, 3.63) is 103 Å². The first kappa shape index (κ1) is 56.6. The lowest BCUT2D eigenvalue weighted by Gasteiger charge is -2.43. The van der Waals surface area contributed by atoms with Crippen LogP contribution in [0.3, 0.4) is 0 Å². The first-order valence-corrected chi connectivity index (χ1v) is 22.7. The SMILES string of the molecule is CC/C=C\C/C=C\C/C=C\C/C=C\C/C=C\C/C=C\CCC(=O)N[C@@H](Cc1ccc(OCCNC(=O)O[C@@H]2C(O)[C@@H](OC)OC(CO[C@@H]3OC(COC)[C@@H](O)[C@H](O)C3O)[C@H]2O)cc1)C(=O)OC. The molecule has 67 heavy (non-hydrogen) atoms. The molecule has 2 heterocycles. The molecule has 1 aromatic carbocycles. The summed E-state index contributed by atoms with van der Waals surface area (Å²) in [4.78, 5) is 38.0. The fourth-order valence-electron chi connectivity index (χ4n) is 6.82. The van der Waals surface area contributed by atoms with Crippen LogP contribution in [-0.4, -0.2) is 159 Å². The molecular formula is C49H72N2O16. The van der Waals surface area contributed by atoms with Gasteiger partial charge in [-0.2, -0.15) is 0 Å². The molecule has 2 aliphatic heterocycles. The van der Waals surface area contributed by atoms with Crippen LogP contribution in [0.15, 0.2) is 97.2 Å². The lowest BCUT2D eigenvalue weighted by molar-refractivity contribution is -0.328. The molecule has 4 unspecified atom stereocenters. The Kier molecular flexibility index (Phi) is 27.8.